The van der Waals surface area contributed by atoms with Gasteiger partial charge in [-0.2, -0.15) is 0 Å². The van der Waals surface area contributed by atoms with Gasteiger partial charge in [0.15, 0.2) is 0 Å². The Morgan fingerprint density at radius 1 is 1.57 bits per heavy atom. The predicted molar refractivity (Wildman–Crippen MR) is 50.8 cm³/mol. The molecule has 0 unspecified atom stereocenters. The van der Waals surface area contributed by atoms with E-state index in [1.807, 2.05) is 0 Å². The molecule has 76 valence electrons. The van der Waals surface area contributed by atoms with E-state index in [1.165, 1.54) is 19.4 Å². The van der Waals surface area contributed by atoms with Gasteiger partial charge < -0.3 is 0 Å². The van der Waals surface area contributed by atoms with Crippen molar-refractivity contribution in [1.29, 1.82) is 0 Å². The molecular weight excluding hydrogens is 206 g/mol. The van der Waals surface area contributed by atoms with E-state index in [9.17, 15) is 4.79 Å². The van der Waals surface area contributed by atoms with Crippen LogP contribution in [0.3, 0.4) is 0 Å². The van der Waals surface area contributed by atoms with Crippen molar-refractivity contribution in [2.45, 2.75) is 6.92 Å². The van der Waals surface area contributed by atoms with E-state index < -0.39 is 0 Å². The third-order valence-electron chi connectivity index (χ3n) is 1.45. The summed E-state index contributed by atoms with van der Waals surface area (Å²) < 4.78 is 0. The van der Waals surface area contributed by atoms with Gasteiger partial charge in [0.05, 0.1) is 19.0 Å². The minimum Gasteiger partial charge on any atom is -0.271 e. The van der Waals surface area contributed by atoms with Crippen molar-refractivity contribution in [2.75, 3.05) is 13.7 Å². The fourth-order valence-electron chi connectivity index (χ4n) is 0.836. The minimum absolute atomic E-state index is 0.199. The molecule has 0 spiro atoms. The number of carbonyl (C=O) groups excluding carboxylic acids is 1. The SMILES string of the molecule is CCON(C)C(=O)c1cnc(Cl)cn1. The van der Waals surface area contributed by atoms with Crippen LogP contribution in [0.25, 0.3) is 0 Å². The largest absolute Gasteiger partial charge is 0.297 e. The molecule has 0 bridgehead atoms. The molecule has 0 aliphatic heterocycles. The number of carbonyl (C=O) groups is 1. The first-order valence-corrected chi connectivity index (χ1v) is 4.41. The molecule has 0 radical (unpaired) electrons. The molecule has 0 aliphatic rings. The van der Waals surface area contributed by atoms with Crippen LogP contribution in [-0.4, -0.2) is 34.6 Å². The molecule has 1 aromatic heterocycles. The highest BCUT2D eigenvalue weighted by Gasteiger charge is 2.13. The Bertz CT molecular complexity index is 315. The van der Waals surface area contributed by atoms with Crippen LogP contribution in [0.1, 0.15) is 17.4 Å². The summed E-state index contributed by atoms with van der Waals surface area (Å²) in [5.74, 6) is -0.351. The molecule has 0 N–H and O–H groups in total. The maximum Gasteiger partial charge on any atom is 0.297 e. The van der Waals surface area contributed by atoms with Gasteiger partial charge in [0, 0.05) is 7.05 Å². The quantitative estimate of drug-likeness (QED) is 0.710. The first-order chi connectivity index (χ1) is 6.65. The van der Waals surface area contributed by atoms with Crippen LogP contribution in [0.5, 0.6) is 0 Å². The standard InChI is InChI=1S/C8H10ClN3O2/c1-3-14-12(2)8(13)6-4-11-7(9)5-10-6/h4-5H,3H2,1-2H3. The van der Waals surface area contributed by atoms with E-state index in [0.717, 1.165) is 5.06 Å². The Labute approximate surface area is 86.6 Å². The van der Waals surface area contributed by atoms with Crippen molar-refractivity contribution in [2.24, 2.45) is 0 Å². The Kier molecular flexibility index (Phi) is 3.79. The zero-order chi connectivity index (χ0) is 10.6. The normalized spacial score (nSPS) is 9.93. The fraction of sp³-hybridized carbons (Fsp3) is 0.375. The van der Waals surface area contributed by atoms with Gasteiger partial charge in [-0.3, -0.25) is 9.63 Å². The first kappa shape index (κ1) is 10.9. The summed E-state index contributed by atoms with van der Waals surface area (Å²) in [6.45, 7) is 2.21. The second kappa shape index (κ2) is 4.88. The number of rotatable bonds is 3. The van der Waals surface area contributed by atoms with Crippen LogP contribution in [0.2, 0.25) is 5.15 Å². The first-order valence-electron chi connectivity index (χ1n) is 4.03. The maximum absolute atomic E-state index is 11.5. The van der Waals surface area contributed by atoms with Gasteiger partial charge in [0.1, 0.15) is 10.8 Å². The zero-order valence-electron chi connectivity index (χ0n) is 7.90. The van der Waals surface area contributed by atoms with Crippen molar-refractivity contribution in [3.05, 3.63) is 23.2 Å². The lowest BCUT2D eigenvalue weighted by molar-refractivity contribution is -0.100. The zero-order valence-corrected chi connectivity index (χ0v) is 8.65. The highest BCUT2D eigenvalue weighted by atomic mass is 35.5. The van der Waals surface area contributed by atoms with Crippen LogP contribution >= 0.6 is 11.6 Å². The summed E-state index contributed by atoms with van der Waals surface area (Å²) in [7, 11) is 1.52. The molecule has 5 nitrogen and oxygen atoms in total. The number of hydroxylamine groups is 2. The molecule has 1 rings (SSSR count). The summed E-state index contributed by atoms with van der Waals surface area (Å²) in [5.41, 5.74) is 0.199. The highest BCUT2D eigenvalue weighted by Crippen LogP contribution is 2.03. The number of halogens is 1. The van der Waals surface area contributed by atoms with Gasteiger partial charge in [-0.25, -0.2) is 15.0 Å². The van der Waals surface area contributed by atoms with E-state index >= 15 is 0 Å². The fourth-order valence-corrected chi connectivity index (χ4v) is 0.934. The molecule has 14 heavy (non-hydrogen) atoms. The molecule has 0 aromatic carbocycles. The lowest BCUT2D eigenvalue weighted by Crippen LogP contribution is -2.27. The summed E-state index contributed by atoms with van der Waals surface area (Å²) in [4.78, 5) is 24.0. The van der Waals surface area contributed by atoms with Gasteiger partial charge >= 0.3 is 0 Å². The maximum atomic E-state index is 11.5. The van der Waals surface area contributed by atoms with Crippen molar-refractivity contribution >= 4 is 17.5 Å². The van der Waals surface area contributed by atoms with Gasteiger partial charge in [-0.1, -0.05) is 11.6 Å². The van der Waals surface area contributed by atoms with Crippen LogP contribution < -0.4 is 0 Å². The summed E-state index contributed by atoms with van der Waals surface area (Å²) in [6.07, 6.45) is 2.62. The Balaban J connectivity index is 2.74. The third kappa shape index (κ3) is 2.65. The third-order valence-corrected chi connectivity index (χ3v) is 1.64. The highest BCUT2D eigenvalue weighted by molar-refractivity contribution is 6.29. The molecule has 1 heterocycles. The average Bonchev–Trinajstić information content (AvgIpc) is 2.18. The topological polar surface area (TPSA) is 55.3 Å². The van der Waals surface area contributed by atoms with Gasteiger partial charge in [-0.15, -0.1) is 0 Å². The lowest BCUT2D eigenvalue weighted by atomic mass is 10.4. The van der Waals surface area contributed by atoms with Gasteiger partial charge in [0.2, 0.25) is 0 Å². The van der Waals surface area contributed by atoms with Crippen molar-refractivity contribution in [3.63, 3.8) is 0 Å². The smallest absolute Gasteiger partial charge is 0.271 e. The Hall–Kier alpha value is -1.20. The van der Waals surface area contributed by atoms with Crippen molar-refractivity contribution < 1.29 is 9.63 Å². The molecule has 0 aliphatic carbocycles. The Morgan fingerprint density at radius 2 is 2.29 bits per heavy atom. The number of nitrogens with zero attached hydrogens (tertiary/aromatic N) is 3. The molecule has 1 aromatic rings. The molecule has 0 atom stereocenters. The molecule has 0 saturated carbocycles. The van der Waals surface area contributed by atoms with Gasteiger partial charge in [-0.05, 0) is 6.92 Å². The number of amides is 1. The second-order valence-electron chi connectivity index (χ2n) is 2.44. The molecule has 0 fully saturated rings. The Morgan fingerprint density at radius 3 is 2.79 bits per heavy atom. The van der Waals surface area contributed by atoms with E-state index in [0.29, 0.717) is 6.61 Å². The van der Waals surface area contributed by atoms with Crippen molar-refractivity contribution in [1.82, 2.24) is 15.0 Å². The molecule has 0 saturated heterocycles. The summed E-state index contributed by atoms with van der Waals surface area (Å²) in [5, 5.41) is 1.36. The van der Waals surface area contributed by atoms with E-state index in [2.05, 4.69) is 9.97 Å². The van der Waals surface area contributed by atoms with E-state index in [1.54, 1.807) is 6.92 Å². The average molecular weight is 216 g/mol. The number of hydrogen-bond acceptors (Lipinski definition) is 4. The summed E-state index contributed by atoms with van der Waals surface area (Å²) >= 11 is 5.53. The van der Waals surface area contributed by atoms with Crippen LogP contribution in [0, 0.1) is 0 Å². The second-order valence-corrected chi connectivity index (χ2v) is 2.83. The predicted octanol–water partition coefficient (Wildman–Crippen LogP) is 1.15. The van der Waals surface area contributed by atoms with Crippen LogP contribution in [0.4, 0.5) is 0 Å². The van der Waals surface area contributed by atoms with E-state index in [4.69, 9.17) is 16.4 Å². The molecule has 6 heteroatoms. The summed E-state index contributed by atoms with van der Waals surface area (Å²) in [6, 6.07) is 0. The minimum atomic E-state index is -0.351. The molecular formula is C8H10ClN3O2. The lowest BCUT2D eigenvalue weighted by Gasteiger charge is -2.14. The van der Waals surface area contributed by atoms with Crippen molar-refractivity contribution in [3.8, 4) is 0 Å². The van der Waals surface area contributed by atoms with Gasteiger partial charge in [0.25, 0.3) is 5.91 Å². The number of hydrogen-bond donors (Lipinski definition) is 0. The van der Waals surface area contributed by atoms with Crippen LogP contribution in [0.15, 0.2) is 12.4 Å². The monoisotopic (exact) mass is 215 g/mol. The number of aromatic nitrogens is 2. The molecule has 1 amide bonds. The van der Waals surface area contributed by atoms with Crippen LogP contribution in [-0.2, 0) is 4.84 Å². The van der Waals surface area contributed by atoms with E-state index in [-0.39, 0.29) is 16.8 Å².